The molecule has 2 aromatic carbocycles. The van der Waals surface area contributed by atoms with Gasteiger partial charge in [-0.3, -0.25) is 9.89 Å². The van der Waals surface area contributed by atoms with Crippen molar-refractivity contribution in [1.82, 2.24) is 10.2 Å². The Labute approximate surface area is 136 Å². The van der Waals surface area contributed by atoms with E-state index in [0.717, 1.165) is 11.1 Å². The van der Waals surface area contributed by atoms with Crippen LogP contribution < -0.4 is 11.1 Å². The van der Waals surface area contributed by atoms with Crippen molar-refractivity contribution in [3.63, 3.8) is 0 Å². The summed E-state index contributed by atoms with van der Waals surface area (Å²) in [6.07, 6.45) is 0. The lowest BCUT2D eigenvalue weighted by Crippen LogP contribution is -2.13. The zero-order chi connectivity index (χ0) is 15.7. The molecule has 110 valence electrons. The van der Waals surface area contributed by atoms with Gasteiger partial charge >= 0.3 is 0 Å². The van der Waals surface area contributed by atoms with Gasteiger partial charge < -0.3 is 11.1 Å². The molecule has 0 spiro atoms. The van der Waals surface area contributed by atoms with Crippen molar-refractivity contribution in [2.45, 2.75) is 0 Å². The number of nitrogen functional groups attached to an aromatic ring is 1. The number of thiocarbonyl (C=S) groups is 1. The first-order chi connectivity index (χ1) is 10.6. The summed E-state index contributed by atoms with van der Waals surface area (Å²) < 4.78 is 0. The van der Waals surface area contributed by atoms with E-state index in [0.29, 0.717) is 21.8 Å². The van der Waals surface area contributed by atoms with E-state index in [2.05, 4.69) is 15.5 Å². The second kappa shape index (κ2) is 5.75. The molecular weight excluding hydrogens is 320 g/mol. The van der Waals surface area contributed by atoms with Crippen LogP contribution >= 0.6 is 23.8 Å². The van der Waals surface area contributed by atoms with E-state index in [-0.39, 0.29) is 11.6 Å². The Morgan fingerprint density at radius 1 is 1.32 bits per heavy atom. The second-order valence-corrected chi connectivity index (χ2v) is 5.33. The number of nitrogens with zero attached hydrogens (tertiary/aromatic N) is 1. The fourth-order valence-electron chi connectivity index (χ4n) is 2.10. The lowest BCUT2D eigenvalue weighted by Gasteiger charge is -2.05. The molecule has 7 heteroatoms. The number of anilines is 2. The maximum absolute atomic E-state index is 12.4. The molecule has 0 radical (unpaired) electrons. The highest BCUT2D eigenvalue weighted by molar-refractivity contribution is 7.79. The molecular formula is C15H11ClN4OS. The number of benzene rings is 2. The molecule has 0 fully saturated rings. The molecule has 1 heterocycles. The third kappa shape index (κ3) is 2.66. The molecule has 22 heavy (non-hydrogen) atoms. The maximum atomic E-state index is 12.4. The largest absolute Gasteiger partial charge is 0.399 e. The monoisotopic (exact) mass is 330 g/mol. The highest BCUT2D eigenvalue weighted by Crippen LogP contribution is 2.22. The fraction of sp³-hybridized carbons (Fsp3) is 0. The van der Waals surface area contributed by atoms with Gasteiger partial charge in [0.15, 0.2) is 5.69 Å². The Morgan fingerprint density at radius 3 is 2.86 bits per heavy atom. The van der Waals surface area contributed by atoms with Gasteiger partial charge in [0.25, 0.3) is 5.91 Å². The summed E-state index contributed by atoms with van der Waals surface area (Å²) in [5.74, 6) is -0.344. The second-order valence-electron chi connectivity index (χ2n) is 4.69. The molecule has 0 bridgehead atoms. The van der Waals surface area contributed by atoms with Crippen LogP contribution in [0, 0.1) is 0 Å². The number of hydrogen-bond donors (Lipinski definition) is 3. The van der Waals surface area contributed by atoms with Crippen molar-refractivity contribution in [3.8, 4) is 0 Å². The van der Waals surface area contributed by atoms with Crippen LogP contribution in [0.15, 0.2) is 36.4 Å². The van der Waals surface area contributed by atoms with Crippen LogP contribution in [0.3, 0.4) is 0 Å². The van der Waals surface area contributed by atoms with Gasteiger partial charge in [-0.25, -0.2) is 0 Å². The Bertz CT molecular complexity index is 890. The van der Waals surface area contributed by atoms with Gasteiger partial charge in [-0.15, -0.1) is 0 Å². The number of aromatic nitrogens is 2. The smallest absolute Gasteiger partial charge is 0.276 e. The van der Waals surface area contributed by atoms with E-state index in [1.54, 1.807) is 36.4 Å². The molecule has 0 aliphatic carbocycles. The number of carbonyl (C=O) groups excluding carboxylic acids is 1. The van der Waals surface area contributed by atoms with Crippen LogP contribution in [0.25, 0.3) is 10.9 Å². The molecule has 0 atom stereocenters. The maximum Gasteiger partial charge on any atom is 0.276 e. The van der Waals surface area contributed by atoms with Gasteiger partial charge in [-0.1, -0.05) is 29.9 Å². The zero-order valence-electron chi connectivity index (χ0n) is 11.3. The standard InChI is InChI=1S/C15H11ClN4OS/c16-12-6-10(3-1-8(12)7-22)18-15(21)14-11-5-9(17)2-4-13(11)19-20-14/h1-7H,17H2,(H,18,21)(H,19,20). The lowest BCUT2D eigenvalue weighted by atomic mass is 10.1. The highest BCUT2D eigenvalue weighted by Gasteiger charge is 2.15. The van der Waals surface area contributed by atoms with Gasteiger partial charge in [-0.2, -0.15) is 5.10 Å². The zero-order valence-corrected chi connectivity index (χ0v) is 12.8. The molecule has 0 aliphatic rings. The van der Waals surface area contributed by atoms with E-state index < -0.39 is 0 Å². The third-order valence-corrected chi connectivity index (χ3v) is 3.77. The number of nitrogens with two attached hydrogens (primary N) is 1. The summed E-state index contributed by atoms with van der Waals surface area (Å²) >= 11 is 10.9. The van der Waals surface area contributed by atoms with E-state index in [1.165, 1.54) is 5.37 Å². The molecule has 5 nitrogen and oxygen atoms in total. The van der Waals surface area contributed by atoms with Gasteiger partial charge in [0.05, 0.1) is 10.5 Å². The summed E-state index contributed by atoms with van der Waals surface area (Å²) in [5, 5.41) is 12.2. The number of hydrogen-bond acceptors (Lipinski definition) is 4. The van der Waals surface area contributed by atoms with E-state index in [4.69, 9.17) is 29.6 Å². The molecule has 4 N–H and O–H groups in total. The van der Waals surface area contributed by atoms with Gasteiger partial charge in [0.1, 0.15) is 0 Å². The molecule has 1 amide bonds. The van der Waals surface area contributed by atoms with Crippen molar-refractivity contribution < 1.29 is 4.79 Å². The molecule has 0 saturated heterocycles. The quantitative estimate of drug-likeness (QED) is 0.507. The topological polar surface area (TPSA) is 83.8 Å². The average molecular weight is 331 g/mol. The van der Waals surface area contributed by atoms with E-state index in [1.807, 2.05) is 0 Å². The number of nitrogens with one attached hydrogen (secondary N) is 2. The predicted octanol–water partition coefficient (Wildman–Crippen LogP) is 3.40. The first kappa shape index (κ1) is 14.5. The Hall–Kier alpha value is -2.44. The first-order valence-corrected chi connectivity index (χ1v) is 7.23. The minimum atomic E-state index is -0.344. The van der Waals surface area contributed by atoms with Gasteiger partial charge in [0, 0.05) is 27.7 Å². The summed E-state index contributed by atoms with van der Waals surface area (Å²) in [5.41, 5.74) is 8.63. The normalized spacial score (nSPS) is 10.6. The Balaban J connectivity index is 1.91. The summed E-state index contributed by atoms with van der Waals surface area (Å²) in [4.78, 5) is 12.4. The molecule has 0 unspecified atom stereocenters. The fourth-order valence-corrected chi connectivity index (χ4v) is 2.60. The number of H-pyrrole nitrogens is 1. The number of amides is 1. The highest BCUT2D eigenvalue weighted by atomic mass is 35.5. The van der Waals surface area contributed by atoms with E-state index in [9.17, 15) is 4.79 Å². The van der Waals surface area contributed by atoms with Crippen molar-refractivity contribution in [3.05, 3.63) is 52.7 Å². The molecule has 0 aliphatic heterocycles. The lowest BCUT2D eigenvalue weighted by molar-refractivity contribution is 0.102. The van der Waals surface area contributed by atoms with Crippen LogP contribution in [-0.2, 0) is 0 Å². The average Bonchev–Trinajstić information content (AvgIpc) is 2.90. The molecule has 3 rings (SSSR count). The number of carbonyl (C=O) groups is 1. The van der Waals surface area contributed by atoms with E-state index >= 15 is 0 Å². The first-order valence-electron chi connectivity index (χ1n) is 6.38. The minimum absolute atomic E-state index is 0.275. The summed E-state index contributed by atoms with van der Waals surface area (Å²) in [7, 11) is 0. The van der Waals surface area contributed by atoms with Crippen molar-refractivity contribution in [2.75, 3.05) is 11.1 Å². The molecule has 1 aromatic heterocycles. The number of aromatic amines is 1. The number of rotatable bonds is 3. The minimum Gasteiger partial charge on any atom is -0.399 e. The van der Waals surface area contributed by atoms with Crippen molar-refractivity contribution in [2.24, 2.45) is 0 Å². The van der Waals surface area contributed by atoms with Crippen LogP contribution in [0.2, 0.25) is 5.02 Å². The van der Waals surface area contributed by atoms with Crippen LogP contribution in [0.5, 0.6) is 0 Å². The number of fused-ring (bicyclic) bond motifs is 1. The predicted molar refractivity (Wildman–Crippen MR) is 92.7 cm³/mol. The third-order valence-electron chi connectivity index (χ3n) is 3.19. The van der Waals surface area contributed by atoms with Crippen molar-refractivity contribution >= 4 is 57.4 Å². The molecule has 3 aromatic rings. The van der Waals surface area contributed by atoms with Crippen LogP contribution in [-0.4, -0.2) is 21.5 Å². The van der Waals surface area contributed by atoms with Gasteiger partial charge in [0.2, 0.25) is 0 Å². The number of halogens is 1. The summed E-state index contributed by atoms with van der Waals surface area (Å²) in [6, 6.07) is 10.3. The molecule has 0 saturated carbocycles. The summed E-state index contributed by atoms with van der Waals surface area (Å²) in [6.45, 7) is 0. The van der Waals surface area contributed by atoms with Crippen LogP contribution in [0.1, 0.15) is 16.1 Å². The Kier molecular flexibility index (Phi) is 3.79. The van der Waals surface area contributed by atoms with Crippen LogP contribution in [0.4, 0.5) is 11.4 Å². The van der Waals surface area contributed by atoms with Gasteiger partial charge in [-0.05, 0) is 30.3 Å². The Morgan fingerprint density at radius 2 is 2.14 bits per heavy atom. The SMILES string of the molecule is Nc1ccc2[nH]nc(C(=O)Nc3ccc(C=S)c(Cl)c3)c2c1. The van der Waals surface area contributed by atoms with Crippen molar-refractivity contribution in [1.29, 1.82) is 0 Å².